The van der Waals surface area contributed by atoms with Gasteiger partial charge in [0.15, 0.2) is 11.5 Å². The monoisotopic (exact) mass is 417 g/mol. The minimum absolute atomic E-state index is 0.0613. The smallest absolute Gasteiger partial charge is 0.276 e. The summed E-state index contributed by atoms with van der Waals surface area (Å²) in [5.74, 6) is -0.0228. The summed E-state index contributed by atoms with van der Waals surface area (Å²) in [5, 5.41) is 8.44. The molecule has 1 amide bonds. The van der Waals surface area contributed by atoms with E-state index in [4.69, 9.17) is 0 Å². The third-order valence-corrected chi connectivity index (χ3v) is 6.04. The molecule has 0 radical (unpaired) electrons. The number of aryl methyl sites for hydroxylation is 2. The molecule has 31 heavy (non-hydrogen) atoms. The summed E-state index contributed by atoms with van der Waals surface area (Å²) in [6.07, 6.45) is 0. The van der Waals surface area contributed by atoms with E-state index >= 15 is 0 Å². The van der Waals surface area contributed by atoms with Gasteiger partial charge in [0.25, 0.3) is 5.91 Å². The average molecular weight is 418 g/mol. The van der Waals surface area contributed by atoms with Crippen LogP contribution >= 0.6 is 0 Å². The highest BCUT2D eigenvalue weighted by Crippen LogP contribution is 2.20. The molecule has 0 N–H and O–H groups in total. The molecule has 0 aliphatic carbocycles. The minimum Gasteiger partial charge on any atom is -0.368 e. The number of rotatable bonds is 4. The zero-order valence-electron chi connectivity index (χ0n) is 18.4. The second-order valence-corrected chi connectivity index (χ2v) is 8.09. The Bertz CT molecular complexity index is 1130. The van der Waals surface area contributed by atoms with Gasteiger partial charge in [0, 0.05) is 37.4 Å². The molecule has 1 aliphatic heterocycles. The minimum atomic E-state index is -0.0841. The Morgan fingerprint density at radius 1 is 0.839 bits per heavy atom. The molecule has 0 bridgehead atoms. The Kier molecular flexibility index (Phi) is 5.59. The molecule has 2 aromatic carbocycles. The van der Waals surface area contributed by atoms with Gasteiger partial charge in [-0.25, -0.2) is 4.68 Å². The molecular formula is C24H27N5O2. The quantitative estimate of drug-likeness (QED) is 0.609. The highest BCUT2D eigenvalue weighted by Gasteiger charge is 2.26. The first kappa shape index (κ1) is 20.8. The molecular weight excluding hydrogens is 390 g/mol. The Morgan fingerprint density at radius 3 is 2.10 bits per heavy atom. The number of piperazine rings is 1. The second kappa shape index (κ2) is 8.34. The number of hydrogen-bond acceptors (Lipinski definition) is 5. The van der Waals surface area contributed by atoms with Crippen molar-refractivity contribution in [1.82, 2.24) is 19.9 Å². The van der Waals surface area contributed by atoms with E-state index in [2.05, 4.69) is 41.2 Å². The average Bonchev–Trinajstić information content (AvgIpc) is 3.16. The summed E-state index contributed by atoms with van der Waals surface area (Å²) >= 11 is 0. The van der Waals surface area contributed by atoms with Crippen molar-refractivity contribution in [1.29, 1.82) is 0 Å². The van der Waals surface area contributed by atoms with Crippen LogP contribution in [0.5, 0.6) is 0 Å². The van der Waals surface area contributed by atoms with E-state index in [1.54, 1.807) is 11.6 Å². The molecule has 0 atom stereocenters. The predicted molar refractivity (Wildman–Crippen MR) is 120 cm³/mol. The highest BCUT2D eigenvalue weighted by atomic mass is 16.2. The lowest BCUT2D eigenvalue weighted by Crippen LogP contribution is -2.49. The van der Waals surface area contributed by atoms with Crippen molar-refractivity contribution in [2.45, 2.75) is 27.7 Å². The van der Waals surface area contributed by atoms with Gasteiger partial charge in [-0.15, -0.1) is 5.10 Å². The lowest BCUT2D eigenvalue weighted by Gasteiger charge is -2.35. The molecule has 1 saturated heterocycles. The topological polar surface area (TPSA) is 71.3 Å². The molecule has 1 aliphatic rings. The summed E-state index contributed by atoms with van der Waals surface area (Å²) in [6, 6.07) is 13.7. The molecule has 0 spiro atoms. The van der Waals surface area contributed by atoms with Crippen LogP contribution in [0.15, 0.2) is 42.5 Å². The number of aromatic nitrogens is 3. The number of amides is 1. The van der Waals surface area contributed by atoms with E-state index in [0.717, 1.165) is 30.2 Å². The largest absolute Gasteiger partial charge is 0.368 e. The number of anilines is 1. The van der Waals surface area contributed by atoms with Crippen LogP contribution in [-0.2, 0) is 0 Å². The fraction of sp³-hybridized carbons (Fsp3) is 0.333. The van der Waals surface area contributed by atoms with Crippen LogP contribution in [0.4, 0.5) is 5.69 Å². The summed E-state index contributed by atoms with van der Waals surface area (Å²) in [5.41, 5.74) is 6.21. The molecule has 160 valence electrons. The Hall–Kier alpha value is -3.48. The van der Waals surface area contributed by atoms with Crippen molar-refractivity contribution in [3.8, 4) is 5.69 Å². The summed E-state index contributed by atoms with van der Waals surface area (Å²) < 4.78 is 1.73. The van der Waals surface area contributed by atoms with Crippen molar-refractivity contribution in [3.05, 3.63) is 70.5 Å². The second-order valence-electron chi connectivity index (χ2n) is 8.09. The maximum Gasteiger partial charge on any atom is 0.276 e. The zero-order valence-corrected chi connectivity index (χ0v) is 18.4. The molecule has 1 aromatic heterocycles. The molecule has 0 saturated carbocycles. The lowest BCUT2D eigenvalue weighted by atomic mass is 10.1. The number of hydrogen-bond donors (Lipinski definition) is 0. The summed E-state index contributed by atoms with van der Waals surface area (Å²) in [4.78, 5) is 28.6. The van der Waals surface area contributed by atoms with E-state index in [9.17, 15) is 9.59 Å². The van der Waals surface area contributed by atoms with Crippen molar-refractivity contribution < 1.29 is 9.59 Å². The fourth-order valence-electron chi connectivity index (χ4n) is 3.85. The molecule has 0 unspecified atom stereocenters. The number of Topliss-reactive ketones (excluding diaryl/α,β-unsaturated/α-hetero) is 1. The van der Waals surface area contributed by atoms with E-state index in [1.165, 1.54) is 11.1 Å². The third kappa shape index (κ3) is 4.08. The van der Waals surface area contributed by atoms with E-state index in [0.29, 0.717) is 24.3 Å². The number of carbonyl (C=O) groups is 2. The van der Waals surface area contributed by atoms with Crippen molar-refractivity contribution >= 4 is 17.4 Å². The maximum absolute atomic E-state index is 13.1. The fourth-order valence-corrected chi connectivity index (χ4v) is 3.85. The van der Waals surface area contributed by atoms with Gasteiger partial charge in [-0.2, -0.15) is 0 Å². The van der Waals surface area contributed by atoms with Crippen molar-refractivity contribution in [3.63, 3.8) is 0 Å². The SMILES string of the molecule is CC(=O)c1ccc(N2CCN(C(=O)c3nnn(-c4ccc(C)c(C)c4)c3C)CC2)cc1. The van der Waals surface area contributed by atoms with Crippen LogP contribution in [0.3, 0.4) is 0 Å². The van der Waals surface area contributed by atoms with Gasteiger partial charge in [0.2, 0.25) is 0 Å². The van der Waals surface area contributed by atoms with Crippen LogP contribution in [0.2, 0.25) is 0 Å². The molecule has 2 heterocycles. The highest BCUT2D eigenvalue weighted by molar-refractivity contribution is 5.94. The summed E-state index contributed by atoms with van der Waals surface area (Å²) in [6.45, 7) is 10.3. The zero-order chi connectivity index (χ0) is 22.1. The van der Waals surface area contributed by atoms with E-state index < -0.39 is 0 Å². The molecule has 7 heteroatoms. The van der Waals surface area contributed by atoms with Gasteiger partial charge in [-0.05, 0) is 75.2 Å². The first-order valence-corrected chi connectivity index (χ1v) is 10.5. The Balaban J connectivity index is 1.45. The molecule has 7 nitrogen and oxygen atoms in total. The molecule has 4 rings (SSSR count). The number of benzene rings is 2. The predicted octanol–water partition coefficient (Wildman–Crippen LogP) is 3.36. The van der Waals surface area contributed by atoms with Crippen molar-refractivity contribution in [2.24, 2.45) is 0 Å². The van der Waals surface area contributed by atoms with Gasteiger partial charge in [-0.1, -0.05) is 11.3 Å². The standard InChI is InChI=1S/C24H27N5O2/c1-16-5-8-22(15-17(16)2)29-18(3)23(25-26-29)24(31)28-13-11-27(12-14-28)21-9-6-20(7-10-21)19(4)30/h5-10,15H,11-14H2,1-4H3. The van der Waals surface area contributed by atoms with E-state index in [1.807, 2.05) is 42.2 Å². The number of ketones is 1. The molecule has 3 aromatic rings. The third-order valence-electron chi connectivity index (χ3n) is 6.04. The van der Waals surface area contributed by atoms with Crippen LogP contribution in [0.1, 0.15) is 44.6 Å². The maximum atomic E-state index is 13.1. The van der Waals surface area contributed by atoms with Gasteiger partial charge in [-0.3, -0.25) is 9.59 Å². The Morgan fingerprint density at radius 2 is 1.48 bits per heavy atom. The van der Waals surface area contributed by atoms with Crippen molar-refractivity contribution in [2.75, 3.05) is 31.1 Å². The van der Waals surface area contributed by atoms with Crippen LogP contribution < -0.4 is 4.90 Å². The number of carbonyl (C=O) groups excluding carboxylic acids is 2. The van der Waals surface area contributed by atoms with Gasteiger partial charge in [0.05, 0.1) is 11.4 Å². The van der Waals surface area contributed by atoms with Crippen LogP contribution in [0, 0.1) is 20.8 Å². The number of nitrogens with zero attached hydrogens (tertiary/aromatic N) is 5. The van der Waals surface area contributed by atoms with E-state index in [-0.39, 0.29) is 11.7 Å². The van der Waals surface area contributed by atoms with Crippen LogP contribution in [0.25, 0.3) is 5.69 Å². The van der Waals surface area contributed by atoms with Gasteiger partial charge >= 0.3 is 0 Å². The van der Waals surface area contributed by atoms with Crippen LogP contribution in [-0.4, -0.2) is 57.8 Å². The Labute approximate surface area is 182 Å². The van der Waals surface area contributed by atoms with Gasteiger partial charge in [0.1, 0.15) is 0 Å². The normalized spacial score (nSPS) is 14.1. The first-order valence-electron chi connectivity index (χ1n) is 10.5. The molecule has 1 fully saturated rings. The first-order chi connectivity index (χ1) is 14.8. The summed E-state index contributed by atoms with van der Waals surface area (Å²) in [7, 11) is 0. The van der Waals surface area contributed by atoms with Gasteiger partial charge < -0.3 is 9.80 Å². The lowest BCUT2D eigenvalue weighted by molar-refractivity contribution is 0.0739.